The Hall–Kier alpha value is -1.62. The molecule has 1 heterocycles. The maximum Gasteiger partial charge on any atom is 0.341 e. The van der Waals surface area contributed by atoms with Gasteiger partial charge in [0.2, 0.25) is 0 Å². The second-order valence-corrected chi connectivity index (χ2v) is 3.55. The molecule has 1 rings (SSSR count). The average molecular weight is 238 g/mol. The molecule has 94 valence electrons. The summed E-state index contributed by atoms with van der Waals surface area (Å²) in [5.41, 5.74) is 0.390. The van der Waals surface area contributed by atoms with Crippen LogP contribution in [0, 0.1) is 0 Å². The summed E-state index contributed by atoms with van der Waals surface area (Å²) in [5.74, 6) is 0.0442. The van der Waals surface area contributed by atoms with E-state index in [9.17, 15) is 4.79 Å². The number of aromatic nitrogens is 1. The van der Waals surface area contributed by atoms with Crippen molar-refractivity contribution in [2.45, 2.75) is 26.3 Å². The summed E-state index contributed by atoms with van der Waals surface area (Å²) in [4.78, 5) is 15.8. The molecule has 0 aromatic carbocycles. The number of ether oxygens (including phenoxy) is 1. The van der Waals surface area contributed by atoms with E-state index in [1.54, 1.807) is 25.3 Å². The zero-order valence-electron chi connectivity index (χ0n) is 10.1. The fourth-order valence-corrected chi connectivity index (χ4v) is 1.36. The molecule has 0 fully saturated rings. The quantitative estimate of drug-likeness (QED) is 0.734. The third-order valence-electron chi connectivity index (χ3n) is 2.36. The lowest BCUT2D eigenvalue weighted by atomic mass is 10.2. The summed E-state index contributed by atoms with van der Waals surface area (Å²) < 4.78 is 4.94. The minimum absolute atomic E-state index is 0.00462. The molecule has 17 heavy (non-hydrogen) atoms. The first-order chi connectivity index (χ1) is 8.22. The molecule has 0 aliphatic carbocycles. The predicted molar refractivity (Wildman–Crippen MR) is 65.0 cm³/mol. The first-order valence-corrected chi connectivity index (χ1v) is 5.72. The topological polar surface area (TPSA) is 71.5 Å². The lowest BCUT2D eigenvalue weighted by Gasteiger charge is -2.16. The van der Waals surface area contributed by atoms with E-state index in [1.165, 1.54) is 0 Å². The van der Waals surface area contributed by atoms with Gasteiger partial charge in [0.1, 0.15) is 11.4 Å². The van der Waals surface area contributed by atoms with Gasteiger partial charge >= 0.3 is 5.97 Å². The molecule has 5 nitrogen and oxygen atoms in total. The van der Waals surface area contributed by atoms with E-state index in [4.69, 9.17) is 9.84 Å². The first kappa shape index (κ1) is 13.4. The minimum Gasteiger partial charge on any atom is -0.462 e. The molecular weight excluding hydrogens is 220 g/mol. The van der Waals surface area contributed by atoms with E-state index in [0.717, 1.165) is 6.42 Å². The van der Waals surface area contributed by atoms with Gasteiger partial charge in [-0.1, -0.05) is 6.92 Å². The normalized spacial score (nSPS) is 11.9. The van der Waals surface area contributed by atoms with Crippen LogP contribution in [0.4, 0.5) is 5.82 Å². The van der Waals surface area contributed by atoms with Gasteiger partial charge in [-0.3, -0.25) is 0 Å². The lowest BCUT2D eigenvalue weighted by molar-refractivity contribution is 0.0527. The molecule has 5 heteroatoms. The Morgan fingerprint density at radius 3 is 2.94 bits per heavy atom. The fourth-order valence-electron chi connectivity index (χ4n) is 1.36. The van der Waals surface area contributed by atoms with Gasteiger partial charge in [-0.25, -0.2) is 9.78 Å². The Labute approximate surface area is 101 Å². The average Bonchev–Trinajstić information content (AvgIpc) is 2.36. The van der Waals surface area contributed by atoms with Gasteiger partial charge in [-0.15, -0.1) is 0 Å². The van der Waals surface area contributed by atoms with Crippen LogP contribution in [0.5, 0.6) is 0 Å². The van der Waals surface area contributed by atoms with Crippen LogP contribution in [0.3, 0.4) is 0 Å². The number of carbonyl (C=O) groups excluding carboxylic acids is 1. The van der Waals surface area contributed by atoms with Crippen LogP contribution in [0.15, 0.2) is 18.3 Å². The molecule has 0 amide bonds. The van der Waals surface area contributed by atoms with Gasteiger partial charge in [0, 0.05) is 6.20 Å². The first-order valence-electron chi connectivity index (χ1n) is 5.72. The third kappa shape index (κ3) is 3.71. The summed E-state index contributed by atoms with van der Waals surface area (Å²) in [5, 5.41) is 12.1. The van der Waals surface area contributed by atoms with Crippen molar-refractivity contribution in [1.82, 2.24) is 4.98 Å². The van der Waals surface area contributed by atoms with Gasteiger partial charge < -0.3 is 15.2 Å². The molecule has 0 saturated carbocycles. The Morgan fingerprint density at radius 2 is 2.35 bits per heavy atom. The summed E-state index contributed by atoms with van der Waals surface area (Å²) in [6, 6.07) is 3.22. The van der Waals surface area contributed by atoms with Crippen LogP contribution in [0.2, 0.25) is 0 Å². The molecule has 0 radical (unpaired) electrons. The number of rotatable bonds is 6. The van der Waals surface area contributed by atoms with Crippen LogP contribution >= 0.6 is 0 Å². The number of pyridine rings is 1. The number of nitrogens with one attached hydrogen (secondary N) is 1. The van der Waals surface area contributed by atoms with Crippen molar-refractivity contribution in [2.75, 3.05) is 18.5 Å². The molecule has 0 saturated heterocycles. The van der Waals surface area contributed by atoms with Gasteiger partial charge in [-0.2, -0.15) is 0 Å². The Morgan fingerprint density at radius 1 is 1.59 bits per heavy atom. The van der Waals surface area contributed by atoms with Crippen LogP contribution < -0.4 is 5.32 Å². The van der Waals surface area contributed by atoms with Crippen molar-refractivity contribution in [3.05, 3.63) is 23.9 Å². The largest absolute Gasteiger partial charge is 0.462 e. The molecule has 1 aromatic rings. The number of nitrogens with zero attached hydrogens (tertiary/aromatic N) is 1. The fraction of sp³-hybridized carbons (Fsp3) is 0.500. The number of aliphatic hydroxyl groups excluding tert-OH is 1. The highest BCUT2D eigenvalue weighted by atomic mass is 16.5. The van der Waals surface area contributed by atoms with Crippen LogP contribution in [0.25, 0.3) is 0 Å². The molecule has 0 spiro atoms. The Bertz CT molecular complexity index is 365. The molecule has 2 N–H and O–H groups in total. The van der Waals surface area contributed by atoms with Gasteiger partial charge in [0.15, 0.2) is 0 Å². The number of aliphatic hydroxyl groups is 1. The van der Waals surface area contributed by atoms with E-state index in [-0.39, 0.29) is 12.6 Å². The van der Waals surface area contributed by atoms with E-state index in [0.29, 0.717) is 18.0 Å². The molecular formula is C12H18N2O3. The van der Waals surface area contributed by atoms with Crippen molar-refractivity contribution < 1.29 is 14.6 Å². The van der Waals surface area contributed by atoms with Crippen molar-refractivity contribution >= 4 is 11.8 Å². The second kappa shape index (κ2) is 6.85. The highest BCUT2D eigenvalue weighted by molar-refractivity contribution is 5.94. The number of carbonyl (C=O) groups is 1. The number of hydrogen-bond donors (Lipinski definition) is 2. The maximum absolute atomic E-state index is 11.7. The van der Waals surface area contributed by atoms with Crippen molar-refractivity contribution in [2.24, 2.45) is 0 Å². The highest BCUT2D eigenvalue weighted by Crippen LogP contribution is 2.14. The standard InChI is InChI=1S/C12H18N2O3/c1-3-9(8-15)14-11-10(6-5-7-13-11)12(16)17-4-2/h5-7,9,15H,3-4,8H2,1-2H3,(H,13,14). The smallest absolute Gasteiger partial charge is 0.341 e. The lowest BCUT2D eigenvalue weighted by Crippen LogP contribution is -2.24. The summed E-state index contributed by atoms with van der Waals surface area (Å²) in [6.45, 7) is 4.02. The minimum atomic E-state index is -0.407. The monoisotopic (exact) mass is 238 g/mol. The molecule has 0 aliphatic rings. The highest BCUT2D eigenvalue weighted by Gasteiger charge is 2.15. The zero-order valence-corrected chi connectivity index (χ0v) is 10.1. The molecule has 1 atom stereocenters. The van der Waals surface area contributed by atoms with Gasteiger partial charge in [0.05, 0.1) is 19.3 Å². The van der Waals surface area contributed by atoms with Gasteiger partial charge in [0.25, 0.3) is 0 Å². The molecule has 1 aromatic heterocycles. The number of esters is 1. The van der Waals surface area contributed by atoms with Crippen molar-refractivity contribution in [3.63, 3.8) is 0 Å². The molecule has 0 aliphatic heterocycles. The predicted octanol–water partition coefficient (Wildman–Crippen LogP) is 1.44. The third-order valence-corrected chi connectivity index (χ3v) is 2.36. The van der Waals surface area contributed by atoms with Crippen LogP contribution in [-0.4, -0.2) is 35.3 Å². The van der Waals surface area contributed by atoms with E-state index in [2.05, 4.69) is 10.3 Å². The number of hydrogen-bond acceptors (Lipinski definition) is 5. The van der Waals surface area contributed by atoms with Crippen molar-refractivity contribution in [1.29, 1.82) is 0 Å². The summed E-state index contributed by atoms with van der Waals surface area (Å²) >= 11 is 0. The Kier molecular flexibility index (Phi) is 5.42. The Balaban J connectivity index is 2.87. The van der Waals surface area contributed by atoms with E-state index < -0.39 is 5.97 Å². The molecule has 1 unspecified atom stereocenters. The SMILES string of the molecule is CCOC(=O)c1cccnc1NC(CC)CO. The van der Waals surface area contributed by atoms with Crippen LogP contribution in [0.1, 0.15) is 30.6 Å². The van der Waals surface area contributed by atoms with E-state index in [1.807, 2.05) is 6.92 Å². The second-order valence-electron chi connectivity index (χ2n) is 3.55. The number of anilines is 1. The zero-order chi connectivity index (χ0) is 12.7. The van der Waals surface area contributed by atoms with Crippen LogP contribution in [-0.2, 0) is 4.74 Å². The van der Waals surface area contributed by atoms with Crippen molar-refractivity contribution in [3.8, 4) is 0 Å². The van der Waals surface area contributed by atoms with Gasteiger partial charge in [-0.05, 0) is 25.5 Å². The van der Waals surface area contributed by atoms with E-state index >= 15 is 0 Å². The summed E-state index contributed by atoms with van der Waals surface area (Å²) in [6.07, 6.45) is 2.34. The molecule has 0 bridgehead atoms. The summed E-state index contributed by atoms with van der Waals surface area (Å²) in [7, 11) is 0. The maximum atomic E-state index is 11.7.